The van der Waals surface area contributed by atoms with Crippen molar-refractivity contribution in [3.8, 4) is 12.1 Å². The molecule has 5 nitrogen and oxygen atoms in total. The Morgan fingerprint density at radius 2 is 1.96 bits per heavy atom. The van der Waals surface area contributed by atoms with Gasteiger partial charge in [-0.25, -0.2) is 0 Å². The monoisotopic (exact) mass is 347 g/mol. The molecule has 1 amide bonds. The zero-order chi connectivity index (χ0) is 17.6. The number of hydrogen-bond donors (Lipinski definition) is 2. The van der Waals surface area contributed by atoms with Gasteiger partial charge in [-0.05, 0) is 23.1 Å². The molecule has 0 spiro atoms. The fraction of sp³-hybridized carbons (Fsp3) is 0.211. The van der Waals surface area contributed by atoms with Crippen LogP contribution in [-0.4, -0.2) is 11.9 Å². The number of thiophene rings is 1. The lowest BCUT2D eigenvalue weighted by molar-refractivity contribution is -0.885. The lowest BCUT2D eigenvalue weighted by Gasteiger charge is -2.29. The molecule has 25 heavy (non-hydrogen) atoms. The Labute approximate surface area is 149 Å². The third-order valence-electron chi connectivity index (χ3n) is 5.26. The molecule has 2 aliphatic heterocycles. The number of quaternary nitrogens is 1. The average Bonchev–Trinajstić information content (AvgIpc) is 3.25. The number of primary amides is 1. The van der Waals surface area contributed by atoms with Crippen molar-refractivity contribution in [2.24, 2.45) is 11.1 Å². The van der Waals surface area contributed by atoms with Gasteiger partial charge in [-0.15, -0.1) is 11.3 Å². The topological polar surface area (TPSA) is 95.1 Å². The normalized spacial score (nSPS) is 28.4. The van der Waals surface area contributed by atoms with Crippen LogP contribution in [0.2, 0.25) is 0 Å². The minimum Gasteiger partial charge on any atom is -0.364 e. The van der Waals surface area contributed by atoms with E-state index in [1.807, 2.05) is 54.1 Å². The summed E-state index contributed by atoms with van der Waals surface area (Å²) in [7, 11) is 0. The average molecular weight is 347 g/mol. The summed E-state index contributed by atoms with van der Waals surface area (Å²) < 4.78 is 0. The predicted octanol–water partition coefficient (Wildman–Crippen LogP) is 1.34. The van der Waals surface area contributed by atoms with Crippen LogP contribution < -0.4 is 10.6 Å². The van der Waals surface area contributed by atoms with Crippen molar-refractivity contribution in [2.75, 3.05) is 0 Å². The van der Waals surface area contributed by atoms with Gasteiger partial charge in [-0.3, -0.25) is 9.69 Å². The highest BCUT2D eigenvalue weighted by molar-refractivity contribution is 7.10. The van der Waals surface area contributed by atoms with Crippen molar-refractivity contribution in [3.63, 3.8) is 0 Å². The van der Waals surface area contributed by atoms with Gasteiger partial charge in [0, 0.05) is 10.4 Å². The quantitative estimate of drug-likeness (QED) is 0.858. The molecule has 1 unspecified atom stereocenters. The van der Waals surface area contributed by atoms with Gasteiger partial charge in [-0.2, -0.15) is 10.5 Å². The van der Waals surface area contributed by atoms with E-state index in [4.69, 9.17) is 5.73 Å². The summed E-state index contributed by atoms with van der Waals surface area (Å²) in [6.45, 7) is 0. The van der Waals surface area contributed by atoms with Crippen LogP contribution in [-0.2, 0) is 4.79 Å². The molecule has 0 bridgehead atoms. The predicted molar refractivity (Wildman–Crippen MR) is 92.9 cm³/mol. The smallest absolute Gasteiger partial charge is 0.276 e. The summed E-state index contributed by atoms with van der Waals surface area (Å²) in [5.74, 6) is -1.05. The highest BCUT2D eigenvalue weighted by atomic mass is 32.1. The number of rotatable bonds is 2. The molecule has 6 heteroatoms. The fourth-order valence-electron chi connectivity index (χ4n) is 4.29. The van der Waals surface area contributed by atoms with E-state index >= 15 is 0 Å². The minimum atomic E-state index is -1.36. The molecule has 122 valence electrons. The van der Waals surface area contributed by atoms with Crippen molar-refractivity contribution < 1.29 is 9.69 Å². The van der Waals surface area contributed by atoms with Crippen LogP contribution >= 0.6 is 11.3 Å². The first kappa shape index (κ1) is 15.6. The standard InChI is InChI=1S/C19H14N4OS/c20-10-19(11-21)15(14-6-3-9-25-14)16(18(22)24)23-8-7-12-4-1-2-5-13(12)17(19)23/h1-9,15-17H,(H2,22,24)/p+1/t15-,16+,17-/m0/s1. The maximum atomic E-state index is 12.3. The van der Waals surface area contributed by atoms with Gasteiger partial charge < -0.3 is 5.73 Å². The first-order chi connectivity index (χ1) is 12.1. The molecule has 2 aliphatic rings. The maximum Gasteiger partial charge on any atom is 0.276 e. The van der Waals surface area contributed by atoms with Crippen LogP contribution in [0.15, 0.2) is 48.0 Å². The Balaban J connectivity index is 2.02. The van der Waals surface area contributed by atoms with Crippen molar-refractivity contribution in [3.05, 3.63) is 64.0 Å². The van der Waals surface area contributed by atoms with E-state index in [0.29, 0.717) is 0 Å². The molecule has 3 N–H and O–H groups in total. The third-order valence-corrected chi connectivity index (χ3v) is 6.22. The zero-order valence-corrected chi connectivity index (χ0v) is 14.0. The summed E-state index contributed by atoms with van der Waals surface area (Å²) in [5.41, 5.74) is 6.27. The second kappa shape index (κ2) is 5.56. The second-order valence-corrected chi connectivity index (χ2v) is 7.34. The van der Waals surface area contributed by atoms with E-state index in [1.54, 1.807) is 0 Å². The molecular formula is C19H15N4OS+. The zero-order valence-electron chi connectivity index (χ0n) is 13.2. The molecule has 1 saturated heterocycles. The van der Waals surface area contributed by atoms with E-state index in [0.717, 1.165) is 20.9 Å². The van der Waals surface area contributed by atoms with Crippen LogP contribution in [0.25, 0.3) is 6.08 Å². The van der Waals surface area contributed by atoms with E-state index in [-0.39, 0.29) is 0 Å². The molecule has 1 aromatic carbocycles. The van der Waals surface area contributed by atoms with Crippen LogP contribution in [0, 0.1) is 28.1 Å². The van der Waals surface area contributed by atoms with Gasteiger partial charge in [0.25, 0.3) is 5.91 Å². The molecule has 1 fully saturated rings. The van der Waals surface area contributed by atoms with E-state index < -0.39 is 29.3 Å². The van der Waals surface area contributed by atoms with Gasteiger partial charge in [0.15, 0.2) is 12.1 Å². The molecule has 1 aromatic heterocycles. The summed E-state index contributed by atoms with van der Waals surface area (Å²) in [6, 6.07) is 14.9. The molecular weight excluding hydrogens is 332 g/mol. The lowest BCUT2D eigenvalue weighted by atomic mass is 9.70. The Morgan fingerprint density at radius 3 is 2.60 bits per heavy atom. The molecule has 0 aliphatic carbocycles. The molecule has 0 radical (unpaired) electrons. The summed E-state index contributed by atoms with van der Waals surface area (Å²) in [6.07, 6.45) is 3.81. The van der Waals surface area contributed by atoms with Crippen LogP contribution in [0.4, 0.5) is 0 Å². The van der Waals surface area contributed by atoms with E-state index in [1.165, 1.54) is 11.3 Å². The number of amides is 1. The Bertz CT molecular complexity index is 937. The largest absolute Gasteiger partial charge is 0.364 e. The Morgan fingerprint density at radius 1 is 1.20 bits per heavy atom. The van der Waals surface area contributed by atoms with Crippen molar-refractivity contribution >= 4 is 23.3 Å². The van der Waals surface area contributed by atoms with Gasteiger partial charge in [0.05, 0.1) is 24.3 Å². The van der Waals surface area contributed by atoms with Crippen molar-refractivity contribution in [2.45, 2.75) is 18.0 Å². The van der Waals surface area contributed by atoms with Gasteiger partial charge in [-0.1, -0.05) is 30.3 Å². The van der Waals surface area contributed by atoms with E-state index in [9.17, 15) is 15.3 Å². The second-order valence-electron chi connectivity index (χ2n) is 6.36. The number of nitrogens with two attached hydrogens (primary N) is 1. The molecule has 3 heterocycles. The molecule has 4 rings (SSSR count). The first-order valence-corrected chi connectivity index (χ1v) is 8.81. The van der Waals surface area contributed by atoms with Crippen LogP contribution in [0.3, 0.4) is 0 Å². The number of nitriles is 2. The molecule has 4 atom stereocenters. The van der Waals surface area contributed by atoms with Crippen LogP contribution in [0.5, 0.6) is 0 Å². The number of fused-ring (bicyclic) bond motifs is 3. The summed E-state index contributed by atoms with van der Waals surface area (Å²) >= 11 is 1.45. The number of benzene rings is 1. The number of carbonyl (C=O) groups excluding carboxylic acids is 1. The highest BCUT2D eigenvalue weighted by Gasteiger charge is 2.68. The van der Waals surface area contributed by atoms with E-state index in [2.05, 4.69) is 12.1 Å². The fourth-order valence-corrected chi connectivity index (χ4v) is 5.23. The third kappa shape index (κ3) is 1.99. The van der Waals surface area contributed by atoms with Gasteiger partial charge in [0.1, 0.15) is 0 Å². The number of carbonyl (C=O) groups is 1. The highest BCUT2D eigenvalue weighted by Crippen LogP contribution is 2.52. The number of nitrogens with one attached hydrogen (secondary N) is 1. The SMILES string of the molecule is N#CC1(C#N)[C@@H]2c3ccccc3C=C[NH+]2[C@@H](C(N)=O)[C@@H]1c1cccs1. The van der Waals surface area contributed by atoms with Gasteiger partial charge >= 0.3 is 0 Å². The summed E-state index contributed by atoms with van der Waals surface area (Å²) in [5, 5.41) is 22.1. The minimum absolute atomic E-state index is 0.451. The number of nitrogens with zero attached hydrogens (tertiary/aromatic N) is 2. The lowest BCUT2D eigenvalue weighted by Crippen LogP contribution is -3.12. The number of hydrogen-bond acceptors (Lipinski definition) is 4. The maximum absolute atomic E-state index is 12.3. The molecule has 0 saturated carbocycles. The van der Waals surface area contributed by atoms with Gasteiger partial charge in [0.2, 0.25) is 5.41 Å². The first-order valence-electron chi connectivity index (χ1n) is 7.93. The van der Waals surface area contributed by atoms with Crippen LogP contribution in [0.1, 0.15) is 28.0 Å². The summed E-state index contributed by atoms with van der Waals surface area (Å²) in [4.78, 5) is 14.0. The van der Waals surface area contributed by atoms with Crippen molar-refractivity contribution in [1.29, 1.82) is 10.5 Å². The molecule has 2 aromatic rings. The van der Waals surface area contributed by atoms with Crippen molar-refractivity contribution in [1.82, 2.24) is 0 Å². The Kier molecular flexibility index (Phi) is 3.47. The Hall–Kier alpha value is -2.93.